The van der Waals surface area contributed by atoms with Crippen LogP contribution < -0.4 is 5.32 Å². The van der Waals surface area contributed by atoms with Gasteiger partial charge in [0.1, 0.15) is 0 Å². The molecule has 3 rings (SSSR count). The third-order valence-electron chi connectivity index (χ3n) is 3.37. The second kappa shape index (κ2) is 6.02. The molecule has 0 radical (unpaired) electrons. The number of carbonyl (C=O) groups excluding carboxylic acids is 1. The lowest BCUT2D eigenvalue weighted by molar-refractivity contribution is -0.117. The molecule has 1 heterocycles. The van der Waals surface area contributed by atoms with Gasteiger partial charge in [-0.1, -0.05) is 46.3 Å². The van der Waals surface area contributed by atoms with Crippen LogP contribution in [0.15, 0.2) is 53.4 Å². The summed E-state index contributed by atoms with van der Waals surface area (Å²) in [5.41, 5.74) is 3.16. The zero-order valence-corrected chi connectivity index (χ0v) is 13.2. The molecule has 1 unspecified atom stereocenters. The Morgan fingerprint density at radius 3 is 2.95 bits per heavy atom. The van der Waals surface area contributed by atoms with E-state index in [0.29, 0.717) is 0 Å². The van der Waals surface area contributed by atoms with Crippen molar-refractivity contribution in [2.24, 2.45) is 0 Å². The maximum Gasteiger partial charge on any atom is 0.232 e. The van der Waals surface area contributed by atoms with E-state index in [0.717, 1.165) is 27.9 Å². The summed E-state index contributed by atoms with van der Waals surface area (Å²) >= 11 is 5.18. The van der Waals surface area contributed by atoms with Gasteiger partial charge in [-0.15, -0.1) is 11.8 Å². The molecule has 0 saturated heterocycles. The van der Waals surface area contributed by atoms with Crippen LogP contribution in [0, 0.1) is 0 Å². The fourth-order valence-corrected chi connectivity index (χ4v) is 3.92. The molecule has 1 atom stereocenters. The van der Waals surface area contributed by atoms with Gasteiger partial charge in [-0.3, -0.25) is 4.79 Å². The highest BCUT2D eigenvalue weighted by molar-refractivity contribution is 9.08. The molecule has 0 fully saturated rings. The number of fused-ring (bicyclic) bond motifs is 1. The van der Waals surface area contributed by atoms with Crippen molar-refractivity contribution in [1.29, 1.82) is 0 Å². The minimum absolute atomic E-state index is 0.0520. The molecular formula is C16H14BrNOS. The average Bonchev–Trinajstić information content (AvgIpc) is 2.91. The van der Waals surface area contributed by atoms with Gasteiger partial charge in [0.2, 0.25) is 5.91 Å². The Balaban J connectivity index is 1.77. The van der Waals surface area contributed by atoms with E-state index < -0.39 is 0 Å². The number of thioether (sulfide) groups is 1. The minimum Gasteiger partial charge on any atom is -0.326 e. The largest absolute Gasteiger partial charge is 0.326 e. The van der Waals surface area contributed by atoms with Gasteiger partial charge in [0.05, 0.1) is 5.92 Å². The molecule has 102 valence electrons. The van der Waals surface area contributed by atoms with Crippen LogP contribution >= 0.6 is 27.7 Å². The summed E-state index contributed by atoms with van der Waals surface area (Å²) in [6, 6.07) is 16.1. The summed E-state index contributed by atoms with van der Waals surface area (Å²) in [7, 11) is 0. The molecule has 2 aromatic rings. The summed E-state index contributed by atoms with van der Waals surface area (Å²) in [6.07, 6.45) is 0. The van der Waals surface area contributed by atoms with Crippen LogP contribution in [0.5, 0.6) is 0 Å². The maximum atomic E-state index is 12.4. The first-order valence-electron chi connectivity index (χ1n) is 6.45. The van der Waals surface area contributed by atoms with Crippen molar-refractivity contribution < 1.29 is 4.79 Å². The van der Waals surface area contributed by atoms with Gasteiger partial charge in [-0.2, -0.15) is 0 Å². The Morgan fingerprint density at radius 1 is 1.25 bits per heavy atom. The SMILES string of the molecule is O=C(Nc1cccc(CBr)c1)C1CSc2ccccc21. The lowest BCUT2D eigenvalue weighted by Crippen LogP contribution is -2.21. The molecule has 1 amide bonds. The zero-order valence-electron chi connectivity index (χ0n) is 10.8. The number of anilines is 1. The predicted molar refractivity (Wildman–Crippen MR) is 87.6 cm³/mol. The van der Waals surface area contributed by atoms with E-state index in [9.17, 15) is 4.79 Å². The zero-order chi connectivity index (χ0) is 13.9. The first-order valence-corrected chi connectivity index (χ1v) is 8.56. The van der Waals surface area contributed by atoms with Crippen LogP contribution in [0.25, 0.3) is 0 Å². The normalized spacial score (nSPS) is 16.8. The van der Waals surface area contributed by atoms with Gasteiger partial charge in [0.25, 0.3) is 0 Å². The third-order valence-corrected chi connectivity index (χ3v) is 5.20. The number of alkyl halides is 1. The Morgan fingerprint density at radius 2 is 2.10 bits per heavy atom. The van der Waals surface area contributed by atoms with Crippen molar-refractivity contribution in [1.82, 2.24) is 0 Å². The van der Waals surface area contributed by atoms with Crippen LogP contribution in [0.1, 0.15) is 17.0 Å². The monoisotopic (exact) mass is 347 g/mol. The van der Waals surface area contributed by atoms with Crippen LogP contribution in [-0.2, 0) is 10.1 Å². The summed E-state index contributed by atoms with van der Waals surface area (Å²) in [5.74, 6) is 0.849. The minimum atomic E-state index is -0.0520. The Kier molecular flexibility index (Phi) is 4.13. The fourth-order valence-electron chi connectivity index (χ4n) is 2.34. The molecule has 1 aliphatic heterocycles. The smallest absolute Gasteiger partial charge is 0.232 e. The van der Waals surface area contributed by atoms with Crippen molar-refractivity contribution in [3.8, 4) is 0 Å². The summed E-state index contributed by atoms with van der Waals surface area (Å²) < 4.78 is 0. The van der Waals surface area contributed by atoms with Gasteiger partial charge in [0, 0.05) is 21.7 Å². The first kappa shape index (κ1) is 13.7. The molecule has 2 nitrogen and oxygen atoms in total. The second-order valence-electron chi connectivity index (χ2n) is 4.72. The number of carbonyl (C=O) groups is 1. The first-order chi connectivity index (χ1) is 9.78. The highest BCUT2D eigenvalue weighted by Crippen LogP contribution is 2.39. The quantitative estimate of drug-likeness (QED) is 0.833. The molecule has 0 spiro atoms. The number of nitrogens with one attached hydrogen (secondary N) is 1. The fraction of sp³-hybridized carbons (Fsp3) is 0.188. The highest BCUT2D eigenvalue weighted by atomic mass is 79.9. The molecular weight excluding hydrogens is 334 g/mol. The molecule has 0 aromatic heterocycles. The van der Waals surface area contributed by atoms with E-state index in [-0.39, 0.29) is 11.8 Å². The Bertz CT molecular complexity index is 644. The van der Waals surface area contributed by atoms with Crippen LogP contribution in [0.4, 0.5) is 5.69 Å². The topological polar surface area (TPSA) is 29.1 Å². The van der Waals surface area contributed by atoms with Gasteiger partial charge in [-0.25, -0.2) is 0 Å². The number of benzene rings is 2. The Hall–Kier alpha value is -1.26. The van der Waals surface area contributed by atoms with E-state index >= 15 is 0 Å². The predicted octanol–water partition coefficient (Wildman–Crippen LogP) is 4.41. The van der Waals surface area contributed by atoms with E-state index in [1.54, 1.807) is 11.8 Å². The lowest BCUT2D eigenvalue weighted by Gasteiger charge is -2.12. The summed E-state index contributed by atoms with van der Waals surface area (Å²) in [4.78, 5) is 13.7. The van der Waals surface area contributed by atoms with E-state index in [1.165, 1.54) is 4.90 Å². The number of amides is 1. The molecule has 1 N–H and O–H groups in total. The molecule has 20 heavy (non-hydrogen) atoms. The average molecular weight is 348 g/mol. The maximum absolute atomic E-state index is 12.4. The van der Waals surface area contributed by atoms with Crippen LogP contribution in [0.2, 0.25) is 0 Å². The Labute approximate surface area is 131 Å². The molecule has 4 heteroatoms. The van der Waals surface area contributed by atoms with Crippen LogP contribution in [-0.4, -0.2) is 11.7 Å². The molecule has 1 aliphatic rings. The van der Waals surface area contributed by atoms with Crippen molar-refractivity contribution in [2.75, 3.05) is 11.1 Å². The number of halogens is 1. The molecule has 0 saturated carbocycles. The number of rotatable bonds is 3. The van der Waals surface area contributed by atoms with Crippen molar-refractivity contribution in [3.63, 3.8) is 0 Å². The van der Waals surface area contributed by atoms with Gasteiger partial charge in [-0.05, 0) is 29.3 Å². The molecule has 0 aliphatic carbocycles. The summed E-state index contributed by atoms with van der Waals surface area (Å²) in [6.45, 7) is 0. The van der Waals surface area contributed by atoms with Crippen molar-refractivity contribution in [3.05, 3.63) is 59.7 Å². The van der Waals surface area contributed by atoms with E-state index in [4.69, 9.17) is 0 Å². The number of hydrogen-bond acceptors (Lipinski definition) is 2. The summed E-state index contributed by atoms with van der Waals surface area (Å²) in [5, 5.41) is 3.82. The van der Waals surface area contributed by atoms with Crippen LogP contribution in [0.3, 0.4) is 0 Å². The molecule has 0 bridgehead atoms. The van der Waals surface area contributed by atoms with Gasteiger partial charge in [0.15, 0.2) is 0 Å². The highest BCUT2D eigenvalue weighted by Gasteiger charge is 2.28. The van der Waals surface area contributed by atoms with Gasteiger partial charge < -0.3 is 5.32 Å². The standard InChI is InChI=1S/C16H14BrNOS/c17-9-11-4-3-5-12(8-11)18-16(19)14-10-20-15-7-2-1-6-13(14)15/h1-8,14H,9-10H2,(H,18,19). The lowest BCUT2D eigenvalue weighted by atomic mass is 10.0. The van der Waals surface area contributed by atoms with Crippen molar-refractivity contribution in [2.45, 2.75) is 16.1 Å². The van der Waals surface area contributed by atoms with Gasteiger partial charge >= 0.3 is 0 Å². The van der Waals surface area contributed by atoms with Crippen molar-refractivity contribution >= 4 is 39.3 Å². The van der Waals surface area contributed by atoms with E-state index in [2.05, 4.69) is 33.4 Å². The third kappa shape index (κ3) is 2.76. The van der Waals surface area contributed by atoms with E-state index in [1.807, 2.05) is 36.4 Å². The second-order valence-corrected chi connectivity index (χ2v) is 6.35. The molecule has 2 aromatic carbocycles. The number of hydrogen-bond donors (Lipinski definition) is 1.